The van der Waals surface area contributed by atoms with E-state index < -0.39 is 0 Å². The quantitative estimate of drug-likeness (QED) is 0.554. The van der Waals surface area contributed by atoms with Gasteiger partial charge in [-0.1, -0.05) is 13.8 Å². The van der Waals surface area contributed by atoms with E-state index in [0.717, 1.165) is 39.1 Å². The molecule has 0 rings (SSSR count). The number of carbonyl (C=O) groups is 1. The molecule has 0 heterocycles. The highest BCUT2D eigenvalue weighted by Crippen LogP contribution is 1.89. The van der Waals surface area contributed by atoms with Gasteiger partial charge in [0.25, 0.3) is 0 Å². The summed E-state index contributed by atoms with van der Waals surface area (Å²) in [7, 11) is 1.71. The van der Waals surface area contributed by atoms with Crippen LogP contribution in [0.25, 0.3) is 0 Å². The minimum Gasteiger partial charge on any atom is -0.385 e. The van der Waals surface area contributed by atoms with Gasteiger partial charge in [-0.15, -0.1) is 0 Å². The molecule has 2 N–H and O–H groups in total. The van der Waals surface area contributed by atoms with E-state index in [-0.39, 0.29) is 5.91 Å². The maximum atomic E-state index is 11.3. The molecule has 0 radical (unpaired) electrons. The monoisotopic (exact) mass is 230 g/mol. The fourth-order valence-corrected chi connectivity index (χ4v) is 1.23. The number of carbonyl (C=O) groups excluding carboxylic acids is 1. The summed E-state index contributed by atoms with van der Waals surface area (Å²) in [5.41, 5.74) is 0. The third-order valence-corrected chi connectivity index (χ3v) is 2.19. The van der Waals surface area contributed by atoms with Crippen LogP contribution in [0.3, 0.4) is 0 Å². The van der Waals surface area contributed by atoms with Gasteiger partial charge in [0.2, 0.25) is 5.91 Å². The van der Waals surface area contributed by atoms with Crippen molar-refractivity contribution in [3.63, 3.8) is 0 Å². The lowest BCUT2D eigenvalue weighted by molar-refractivity contribution is -0.121. The number of ether oxygens (including phenoxy) is 1. The molecule has 0 atom stereocenters. The van der Waals surface area contributed by atoms with E-state index in [4.69, 9.17) is 4.74 Å². The molecular weight excluding hydrogens is 204 g/mol. The highest BCUT2D eigenvalue weighted by Gasteiger charge is 2.01. The molecule has 0 saturated heterocycles. The van der Waals surface area contributed by atoms with Gasteiger partial charge in [0.15, 0.2) is 0 Å². The summed E-state index contributed by atoms with van der Waals surface area (Å²) >= 11 is 0. The first-order valence-electron chi connectivity index (χ1n) is 6.13. The minimum absolute atomic E-state index is 0.137. The topological polar surface area (TPSA) is 50.4 Å². The Morgan fingerprint density at radius 3 is 2.62 bits per heavy atom. The van der Waals surface area contributed by atoms with Gasteiger partial charge in [0.05, 0.1) is 0 Å². The van der Waals surface area contributed by atoms with Crippen LogP contribution in [0.5, 0.6) is 0 Å². The molecule has 0 saturated carbocycles. The molecule has 0 aliphatic heterocycles. The zero-order valence-electron chi connectivity index (χ0n) is 10.8. The second kappa shape index (κ2) is 10.9. The number of nitrogens with one attached hydrogen (secondary N) is 2. The zero-order chi connectivity index (χ0) is 12.2. The summed E-state index contributed by atoms with van der Waals surface area (Å²) in [5, 5.41) is 6.14. The summed E-state index contributed by atoms with van der Waals surface area (Å²) in [6.07, 6.45) is 2.74. The van der Waals surface area contributed by atoms with E-state index in [1.165, 1.54) is 0 Å². The van der Waals surface area contributed by atoms with Gasteiger partial charge in [0, 0.05) is 33.2 Å². The SMILES string of the molecule is COCCCCNCCC(=O)NCC(C)C. The fraction of sp³-hybridized carbons (Fsp3) is 0.917. The molecule has 96 valence electrons. The first-order chi connectivity index (χ1) is 7.66. The van der Waals surface area contributed by atoms with Crippen molar-refractivity contribution in [1.29, 1.82) is 0 Å². The van der Waals surface area contributed by atoms with Crippen LogP contribution in [0.15, 0.2) is 0 Å². The Morgan fingerprint density at radius 1 is 1.25 bits per heavy atom. The number of amides is 1. The van der Waals surface area contributed by atoms with Crippen LogP contribution in [0.4, 0.5) is 0 Å². The van der Waals surface area contributed by atoms with Gasteiger partial charge in [-0.3, -0.25) is 4.79 Å². The van der Waals surface area contributed by atoms with E-state index in [1.54, 1.807) is 7.11 Å². The Bertz CT molecular complexity index is 172. The number of hydrogen-bond acceptors (Lipinski definition) is 3. The summed E-state index contributed by atoms with van der Waals surface area (Å²) in [6.45, 7) is 7.49. The van der Waals surface area contributed by atoms with Gasteiger partial charge in [-0.25, -0.2) is 0 Å². The summed E-state index contributed by atoms with van der Waals surface area (Å²) < 4.78 is 4.95. The van der Waals surface area contributed by atoms with Crippen molar-refractivity contribution in [3.05, 3.63) is 0 Å². The predicted octanol–water partition coefficient (Wildman–Crippen LogP) is 1.16. The first kappa shape index (κ1) is 15.4. The molecule has 4 nitrogen and oxygen atoms in total. The van der Waals surface area contributed by atoms with Crippen LogP contribution in [0.2, 0.25) is 0 Å². The lowest BCUT2D eigenvalue weighted by atomic mass is 10.2. The molecular formula is C12H26N2O2. The van der Waals surface area contributed by atoms with Gasteiger partial charge in [-0.2, -0.15) is 0 Å². The van der Waals surface area contributed by atoms with Crippen LogP contribution < -0.4 is 10.6 Å². The summed E-state index contributed by atoms with van der Waals surface area (Å²) in [4.78, 5) is 11.3. The fourth-order valence-electron chi connectivity index (χ4n) is 1.23. The number of methoxy groups -OCH3 is 1. The lowest BCUT2D eigenvalue weighted by Gasteiger charge is -2.08. The summed E-state index contributed by atoms with van der Waals surface area (Å²) in [5.74, 6) is 0.657. The average molecular weight is 230 g/mol. The lowest BCUT2D eigenvalue weighted by Crippen LogP contribution is -2.30. The summed E-state index contributed by atoms with van der Waals surface area (Å²) in [6, 6.07) is 0. The van der Waals surface area contributed by atoms with E-state index in [0.29, 0.717) is 12.3 Å². The van der Waals surface area contributed by atoms with Crippen molar-refractivity contribution >= 4 is 5.91 Å². The van der Waals surface area contributed by atoms with Crippen LogP contribution in [0.1, 0.15) is 33.1 Å². The van der Waals surface area contributed by atoms with E-state index in [2.05, 4.69) is 24.5 Å². The van der Waals surface area contributed by atoms with Crippen LogP contribution >= 0.6 is 0 Å². The third-order valence-electron chi connectivity index (χ3n) is 2.19. The maximum absolute atomic E-state index is 11.3. The van der Waals surface area contributed by atoms with E-state index in [1.807, 2.05) is 0 Å². The van der Waals surface area contributed by atoms with Crippen molar-refractivity contribution < 1.29 is 9.53 Å². The minimum atomic E-state index is 0.137. The average Bonchev–Trinajstić information content (AvgIpc) is 2.25. The Balaban J connectivity index is 3.15. The molecule has 0 aliphatic rings. The largest absolute Gasteiger partial charge is 0.385 e. The molecule has 0 fully saturated rings. The molecule has 0 unspecified atom stereocenters. The molecule has 0 aromatic carbocycles. The molecule has 0 spiro atoms. The van der Waals surface area contributed by atoms with Crippen molar-refractivity contribution in [1.82, 2.24) is 10.6 Å². The highest BCUT2D eigenvalue weighted by molar-refractivity contribution is 5.76. The van der Waals surface area contributed by atoms with Gasteiger partial charge in [0.1, 0.15) is 0 Å². The highest BCUT2D eigenvalue weighted by atomic mass is 16.5. The van der Waals surface area contributed by atoms with Crippen molar-refractivity contribution in [2.24, 2.45) is 5.92 Å². The predicted molar refractivity (Wildman–Crippen MR) is 66.4 cm³/mol. The second-order valence-electron chi connectivity index (χ2n) is 4.40. The molecule has 4 heteroatoms. The van der Waals surface area contributed by atoms with Crippen molar-refractivity contribution in [3.8, 4) is 0 Å². The second-order valence-corrected chi connectivity index (χ2v) is 4.40. The molecule has 0 aromatic rings. The molecule has 1 amide bonds. The van der Waals surface area contributed by atoms with Crippen LogP contribution in [-0.4, -0.2) is 39.3 Å². The standard InChI is InChI=1S/C12H26N2O2/c1-11(2)10-14-12(15)6-8-13-7-4-5-9-16-3/h11,13H,4-10H2,1-3H3,(H,14,15). The molecule has 0 aliphatic carbocycles. The van der Waals surface area contributed by atoms with E-state index in [9.17, 15) is 4.79 Å². The maximum Gasteiger partial charge on any atom is 0.221 e. The molecule has 16 heavy (non-hydrogen) atoms. The number of unbranched alkanes of at least 4 members (excludes halogenated alkanes) is 1. The van der Waals surface area contributed by atoms with Crippen molar-refractivity contribution in [2.45, 2.75) is 33.1 Å². The Hall–Kier alpha value is -0.610. The van der Waals surface area contributed by atoms with Gasteiger partial charge in [-0.05, 0) is 25.3 Å². The van der Waals surface area contributed by atoms with Crippen molar-refractivity contribution in [2.75, 3.05) is 33.4 Å². The van der Waals surface area contributed by atoms with Gasteiger partial charge < -0.3 is 15.4 Å². The molecule has 0 bridgehead atoms. The normalized spacial score (nSPS) is 10.8. The zero-order valence-corrected chi connectivity index (χ0v) is 10.8. The Labute approximate surface area is 99.1 Å². The van der Waals surface area contributed by atoms with Crippen LogP contribution in [-0.2, 0) is 9.53 Å². The van der Waals surface area contributed by atoms with Gasteiger partial charge >= 0.3 is 0 Å². The number of hydrogen-bond donors (Lipinski definition) is 2. The molecule has 0 aromatic heterocycles. The smallest absolute Gasteiger partial charge is 0.221 e. The Kier molecular flexibility index (Phi) is 10.5. The van der Waals surface area contributed by atoms with Crippen LogP contribution in [0, 0.1) is 5.92 Å². The third kappa shape index (κ3) is 11.5. The first-order valence-corrected chi connectivity index (χ1v) is 6.13. The van der Waals surface area contributed by atoms with E-state index >= 15 is 0 Å². The number of rotatable bonds is 10. The Morgan fingerprint density at radius 2 is 2.00 bits per heavy atom.